The van der Waals surface area contributed by atoms with E-state index < -0.39 is 0 Å². The van der Waals surface area contributed by atoms with Gasteiger partial charge in [0.1, 0.15) is 0 Å². The van der Waals surface area contributed by atoms with E-state index in [9.17, 15) is 4.79 Å². The van der Waals surface area contributed by atoms with Crippen molar-refractivity contribution >= 4 is 11.6 Å². The van der Waals surface area contributed by atoms with E-state index in [0.717, 1.165) is 0 Å². The second-order valence-electron chi connectivity index (χ2n) is 3.49. The standard InChI is InChI=1S/C11H17N3O2/c1-4-16-10-8(6-5-7-9(10)12)11(15)13-14(2)3/h5-7H,4,12H2,1-3H3,(H,13,15). The molecule has 0 heterocycles. The summed E-state index contributed by atoms with van der Waals surface area (Å²) in [5.74, 6) is 0.199. The molecule has 0 radical (unpaired) electrons. The van der Waals surface area contributed by atoms with Gasteiger partial charge in [0.25, 0.3) is 5.91 Å². The summed E-state index contributed by atoms with van der Waals surface area (Å²) < 4.78 is 5.37. The highest BCUT2D eigenvalue weighted by Gasteiger charge is 2.14. The fourth-order valence-electron chi connectivity index (χ4n) is 1.30. The lowest BCUT2D eigenvalue weighted by Crippen LogP contribution is -2.36. The van der Waals surface area contributed by atoms with Crippen molar-refractivity contribution in [1.29, 1.82) is 0 Å². The van der Waals surface area contributed by atoms with Gasteiger partial charge in [0.15, 0.2) is 5.75 Å². The number of ether oxygens (including phenoxy) is 1. The van der Waals surface area contributed by atoms with Gasteiger partial charge in [0.05, 0.1) is 17.9 Å². The number of benzene rings is 1. The van der Waals surface area contributed by atoms with Crippen molar-refractivity contribution in [3.05, 3.63) is 23.8 Å². The van der Waals surface area contributed by atoms with Crippen molar-refractivity contribution < 1.29 is 9.53 Å². The minimum Gasteiger partial charge on any atom is -0.491 e. The fourth-order valence-corrected chi connectivity index (χ4v) is 1.30. The van der Waals surface area contributed by atoms with Crippen LogP contribution >= 0.6 is 0 Å². The zero-order chi connectivity index (χ0) is 12.1. The van der Waals surface area contributed by atoms with Gasteiger partial charge in [-0.15, -0.1) is 0 Å². The highest BCUT2D eigenvalue weighted by atomic mass is 16.5. The van der Waals surface area contributed by atoms with Gasteiger partial charge >= 0.3 is 0 Å². The van der Waals surface area contributed by atoms with Gasteiger partial charge in [-0.3, -0.25) is 10.2 Å². The largest absolute Gasteiger partial charge is 0.491 e. The average Bonchev–Trinajstić information content (AvgIpc) is 2.20. The summed E-state index contributed by atoms with van der Waals surface area (Å²) in [6.45, 7) is 2.32. The fraction of sp³-hybridized carbons (Fsp3) is 0.364. The average molecular weight is 223 g/mol. The summed E-state index contributed by atoms with van der Waals surface area (Å²) in [4.78, 5) is 11.8. The number of carbonyl (C=O) groups excluding carboxylic acids is 1. The quantitative estimate of drug-likeness (QED) is 0.587. The smallest absolute Gasteiger partial charge is 0.269 e. The predicted octanol–water partition coefficient (Wildman–Crippen LogP) is 0.874. The number of nitrogens with zero attached hydrogens (tertiary/aromatic N) is 1. The lowest BCUT2D eigenvalue weighted by molar-refractivity contribution is 0.0853. The molecule has 0 aliphatic rings. The van der Waals surface area contributed by atoms with Crippen molar-refractivity contribution in [2.24, 2.45) is 0 Å². The third-order valence-corrected chi connectivity index (χ3v) is 1.90. The minimum atomic E-state index is -0.235. The summed E-state index contributed by atoms with van der Waals surface area (Å²) in [5, 5.41) is 1.57. The van der Waals surface area contributed by atoms with Crippen LogP contribution in [0.5, 0.6) is 5.75 Å². The van der Waals surface area contributed by atoms with Crippen LogP contribution in [0.25, 0.3) is 0 Å². The van der Waals surface area contributed by atoms with Crippen LogP contribution in [0, 0.1) is 0 Å². The summed E-state index contributed by atoms with van der Waals surface area (Å²) >= 11 is 0. The van der Waals surface area contributed by atoms with Crippen LogP contribution in [0.1, 0.15) is 17.3 Å². The van der Waals surface area contributed by atoms with Gasteiger partial charge in [-0.1, -0.05) is 6.07 Å². The molecular weight excluding hydrogens is 206 g/mol. The SMILES string of the molecule is CCOc1c(N)cccc1C(=O)NN(C)C. The molecular formula is C11H17N3O2. The molecule has 3 N–H and O–H groups in total. The van der Waals surface area contributed by atoms with Crippen LogP contribution in [0.3, 0.4) is 0 Å². The number of nitrogens with one attached hydrogen (secondary N) is 1. The Labute approximate surface area is 95.2 Å². The van der Waals surface area contributed by atoms with Gasteiger partial charge in [0, 0.05) is 14.1 Å². The van der Waals surface area contributed by atoms with Gasteiger partial charge < -0.3 is 10.5 Å². The predicted molar refractivity (Wildman–Crippen MR) is 63.2 cm³/mol. The summed E-state index contributed by atoms with van der Waals surface area (Å²) in [5.41, 5.74) is 9.31. The number of hydrogen-bond acceptors (Lipinski definition) is 4. The Balaban J connectivity index is 3.02. The Kier molecular flexibility index (Phi) is 4.13. The summed E-state index contributed by atoms with van der Waals surface area (Å²) in [6, 6.07) is 5.11. The van der Waals surface area contributed by atoms with Crippen molar-refractivity contribution in [3.8, 4) is 5.75 Å². The maximum atomic E-state index is 11.8. The number of anilines is 1. The first-order valence-electron chi connectivity index (χ1n) is 5.05. The topological polar surface area (TPSA) is 67.6 Å². The van der Waals surface area contributed by atoms with Gasteiger partial charge in [-0.25, -0.2) is 5.01 Å². The van der Waals surface area contributed by atoms with Crippen molar-refractivity contribution in [3.63, 3.8) is 0 Å². The Morgan fingerprint density at radius 2 is 2.19 bits per heavy atom. The molecule has 0 saturated heterocycles. The van der Waals surface area contributed by atoms with Crippen LogP contribution < -0.4 is 15.9 Å². The molecule has 0 saturated carbocycles. The Morgan fingerprint density at radius 3 is 2.75 bits per heavy atom. The molecule has 5 heteroatoms. The molecule has 0 atom stereocenters. The van der Waals surface area contributed by atoms with E-state index in [2.05, 4.69) is 5.43 Å². The minimum absolute atomic E-state index is 0.235. The number of nitrogens with two attached hydrogens (primary N) is 1. The zero-order valence-corrected chi connectivity index (χ0v) is 9.78. The maximum absolute atomic E-state index is 11.8. The first-order chi connectivity index (χ1) is 7.56. The normalized spacial score (nSPS) is 10.2. The number of carbonyl (C=O) groups is 1. The molecule has 0 unspecified atom stereocenters. The summed E-state index contributed by atoms with van der Waals surface area (Å²) in [7, 11) is 3.48. The number of para-hydroxylation sites is 1. The molecule has 0 aliphatic heterocycles. The van der Waals surface area contributed by atoms with Crippen molar-refractivity contribution in [1.82, 2.24) is 10.4 Å². The van der Waals surface area contributed by atoms with Crippen LogP contribution in [0.2, 0.25) is 0 Å². The second-order valence-corrected chi connectivity index (χ2v) is 3.49. The lowest BCUT2D eigenvalue weighted by Gasteiger charge is -2.15. The van der Waals surface area contributed by atoms with E-state index in [1.807, 2.05) is 6.92 Å². The number of hydrazine groups is 1. The Hall–Kier alpha value is -1.75. The molecule has 0 aromatic heterocycles. The van der Waals surface area contributed by atoms with E-state index in [4.69, 9.17) is 10.5 Å². The van der Waals surface area contributed by atoms with Crippen LogP contribution in [-0.2, 0) is 0 Å². The first kappa shape index (κ1) is 12.3. The van der Waals surface area contributed by atoms with E-state index in [-0.39, 0.29) is 5.91 Å². The second kappa shape index (κ2) is 5.37. The van der Waals surface area contributed by atoms with Gasteiger partial charge in [0.2, 0.25) is 0 Å². The molecule has 0 spiro atoms. The highest BCUT2D eigenvalue weighted by Crippen LogP contribution is 2.26. The number of rotatable bonds is 4. The zero-order valence-electron chi connectivity index (χ0n) is 9.78. The molecule has 5 nitrogen and oxygen atoms in total. The van der Waals surface area contributed by atoms with E-state index in [1.54, 1.807) is 37.3 Å². The maximum Gasteiger partial charge on any atom is 0.269 e. The number of nitrogen functional groups attached to an aromatic ring is 1. The summed E-state index contributed by atoms with van der Waals surface area (Å²) in [6.07, 6.45) is 0. The molecule has 0 fully saturated rings. The molecule has 88 valence electrons. The molecule has 1 aromatic carbocycles. The lowest BCUT2D eigenvalue weighted by atomic mass is 10.1. The molecule has 0 aliphatic carbocycles. The van der Waals surface area contributed by atoms with Crippen LogP contribution in [0.15, 0.2) is 18.2 Å². The molecule has 1 rings (SSSR count). The number of hydrogen-bond donors (Lipinski definition) is 2. The molecule has 0 bridgehead atoms. The highest BCUT2D eigenvalue weighted by molar-refractivity contribution is 5.98. The van der Waals surface area contributed by atoms with Crippen molar-refractivity contribution in [2.75, 3.05) is 26.4 Å². The van der Waals surface area contributed by atoms with Crippen molar-refractivity contribution in [2.45, 2.75) is 6.92 Å². The van der Waals surface area contributed by atoms with E-state index in [1.165, 1.54) is 0 Å². The number of amides is 1. The van der Waals surface area contributed by atoms with Crippen LogP contribution in [0.4, 0.5) is 5.69 Å². The third-order valence-electron chi connectivity index (χ3n) is 1.90. The Morgan fingerprint density at radius 1 is 1.50 bits per heavy atom. The Bertz CT molecular complexity index is 377. The molecule has 1 aromatic rings. The first-order valence-corrected chi connectivity index (χ1v) is 5.05. The van der Waals surface area contributed by atoms with E-state index in [0.29, 0.717) is 23.6 Å². The third kappa shape index (κ3) is 2.87. The van der Waals surface area contributed by atoms with Crippen LogP contribution in [-0.4, -0.2) is 31.6 Å². The monoisotopic (exact) mass is 223 g/mol. The molecule has 16 heavy (non-hydrogen) atoms. The molecule has 1 amide bonds. The van der Waals surface area contributed by atoms with E-state index >= 15 is 0 Å². The van der Waals surface area contributed by atoms with Gasteiger partial charge in [-0.2, -0.15) is 0 Å². The van der Waals surface area contributed by atoms with Gasteiger partial charge in [-0.05, 0) is 19.1 Å².